The molecule has 3 heteroatoms. The summed E-state index contributed by atoms with van der Waals surface area (Å²) in [5, 5.41) is 0. The van der Waals surface area contributed by atoms with Gasteiger partial charge in [-0.05, 0) is 12.1 Å². The second kappa shape index (κ2) is 5.54. The molecular formula is C12H9IrNO. The molecule has 15 heavy (non-hydrogen) atoms. The molecule has 0 N–H and O–H groups in total. The molecule has 1 radical (unpaired) electrons. The van der Waals surface area contributed by atoms with Crippen molar-refractivity contribution in [2.75, 3.05) is 0 Å². The molecule has 0 unspecified atom stereocenters. The Labute approximate surface area is 102 Å². The van der Waals surface area contributed by atoms with Gasteiger partial charge in [-0.1, -0.05) is 30.3 Å². The van der Waals surface area contributed by atoms with Gasteiger partial charge in [0.05, 0.1) is 5.69 Å². The maximum Gasteiger partial charge on any atom is 0.150 e. The molecule has 0 aliphatic heterocycles. The Morgan fingerprint density at radius 3 is 2.27 bits per heavy atom. The molecular weight excluding hydrogens is 366 g/mol. The van der Waals surface area contributed by atoms with E-state index in [-0.39, 0.29) is 20.1 Å². The molecule has 0 bridgehead atoms. The zero-order chi connectivity index (χ0) is 9.80. The van der Waals surface area contributed by atoms with Crippen LogP contribution in [-0.4, -0.2) is 11.3 Å². The molecule has 0 saturated heterocycles. The summed E-state index contributed by atoms with van der Waals surface area (Å²) in [4.78, 5) is 14.7. The van der Waals surface area contributed by atoms with Gasteiger partial charge in [-0.2, -0.15) is 0 Å². The fourth-order valence-electron chi connectivity index (χ4n) is 1.27. The van der Waals surface area contributed by atoms with Crippen LogP contribution in [0.25, 0.3) is 11.3 Å². The minimum Gasteiger partial charge on any atom is -0.298 e. The third-order valence-corrected chi connectivity index (χ3v) is 2.01. The Kier molecular flexibility index (Phi) is 4.35. The van der Waals surface area contributed by atoms with Gasteiger partial charge in [-0.15, -0.1) is 0 Å². The monoisotopic (exact) mass is 376 g/mol. The molecule has 1 aromatic carbocycles. The van der Waals surface area contributed by atoms with Crippen molar-refractivity contribution in [2.24, 2.45) is 0 Å². The number of hydrogen-bond acceptors (Lipinski definition) is 2. The van der Waals surface area contributed by atoms with Crippen molar-refractivity contribution < 1.29 is 24.9 Å². The van der Waals surface area contributed by atoms with Crippen molar-refractivity contribution in [1.29, 1.82) is 0 Å². The van der Waals surface area contributed by atoms with E-state index in [9.17, 15) is 4.79 Å². The van der Waals surface area contributed by atoms with Crippen LogP contribution >= 0.6 is 0 Å². The summed E-state index contributed by atoms with van der Waals surface area (Å²) in [5.41, 5.74) is 2.63. The van der Waals surface area contributed by atoms with Crippen molar-refractivity contribution in [3.63, 3.8) is 0 Å². The fraction of sp³-hybridized carbons (Fsp3) is 0. The number of carbonyl (C=O) groups is 1. The average molecular weight is 375 g/mol. The standard InChI is InChI=1S/C12H9NO.Ir/c14-9-10-4-6-11(7-5-10)12-3-1-2-8-13-12;/h1-9H;. The van der Waals surface area contributed by atoms with Crippen molar-refractivity contribution in [1.82, 2.24) is 4.98 Å². The van der Waals surface area contributed by atoms with Crippen molar-refractivity contribution in [3.05, 3.63) is 54.2 Å². The van der Waals surface area contributed by atoms with Crippen LogP contribution in [0.15, 0.2) is 48.7 Å². The van der Waals surface area contributed by atoms with Crippen LogP contribution in [0.2, 0.25) is 0 Å². The third kappa shape index (κ3) is 2.82. The number of aromatic nitrogens is 1. The van der Waals surface area contributed by atoms with Gasteiger partial charge in [-0.25, -0.2) is 0 Å². The summed E-state index contributed by atoms with van der Waals surface area (Å²) < 4.78 is 0. The predicted molar refractivity (Wildman–Crippen MR) is 55.1 cm³/mol. The molecule has 1 heterocycles. The average Bonchev–Trinajstić information content (AvgIpc) is 2.30. The van der Waals surface area contributed by atoms with Gasteiger partial charge < -0.3 is 0 Å². The van der Waals surface area contributed by atoms with E-state index >= 15 is 0 Å². The quantitative estimate of drug-likeness (QED) is 0.756. The normalized spacial score (nSPS) is 9.07. The number of carbonyl (C=O) groups excluding carboxylic acids is 1. The second-order valence-electron chi connectivity index (χ2n) is 2.95. The number of nitrogens with zero attached hydrogens (tertiary/aromatic N) is 1. The second-order valence-corrected chi connectivity index (χ2v) is 2.95. The summed E-state index contributed by atoms with van der Waals surface area (Å²) >= 11 is 0. The molecule has 0 spiro atoms. The van der Waals surface area contributed by atoms with Gasteiger partial charge in [0.1, 0.15) is 6.29 Å². The van der Waals surface area contributed by atoms with Crippen LogP contribution in [0.5, 0.6) is 0 Å². The van der Waals surface area contributed by atoms with Crippen LogP contribution in [0.4, 0.5) is 0 Å². The van der Waals surface area contributed by atoms with Gasteiger partial charge in [0.15, 0.2) is 0 Å². The van der Waals surface area contributed by atoms with Gasteiger partial charge in [-0.3, -0.25) is 9.78 Å². The third-order valence-electron chi connectivity index (χ3n) is 2.01. The van der Waals surface area contributed by atoms with Gasteiger partial charge in [0.25, 0.3) is 0 Å². The smallest absolute Gasteiger partial charge is 0.150 e. The summed E-state index contributed by atoms with van der Waals surface area (Å²) in [6, 6.07) is 13.1. The Morgan fingerprint density at radius 2 is 1.73 bits per heavy atom. The van der Waals surface area contributed by atoms with E-state index in [4.69, 9.17) is 0 Å². The number of aldehydes is 1. The number of rotatable bonds is 2. The van der Waals surface area contributed by atoms with Crippen molar-refractivity contribution in [3.8, 4) is 11.3 Å². The van der Waals surface area contributed by atoms with Crippen molar-refractivity contribution >= 4 is 6.29 Å². The Balaban J connectivity index is 0.00000112. The maximum atomic E-state index is 10.4. The van der Waals surface area contributed by atoms with Gasteiger partial charge >= 0.3 is 0 Å². The summed E-state index contributed by atoms with van der Waals surface area (Å²) in [5.74, 6) is 0. The maximum absolute atomic E-state index is 10.4. The molecule has 0 saturated carbocycles. The predicted octanol–water partition coefficient (Wildman–Crippen LogP) is 2.56. The first-order valence-electron chi connectivity index (χ1n) is 4.37. The summed E-state index contributed by atoms with van der Waals surface area (Å²) in [6.07, 6.45) is 2.59. The SMILES string of the molecule is O=Cc1ccc(-c2ccccn2)cc1.[Ir]. The molecule has 0 amide bonds. The first-order chi connectivity index (χ1) is 6.90. The zero-order valence-corrected chi connectivity index (χ0v) is 10.3. The minimum atomic E-state index is 0. The van der Waals surface area contributed by atoms with E-state index in [2.05, 4.69) is 4.98 Å². The van der Waals surface area contributed by atoms with Gasteiger partial charge in [0, 0.05) is 37.4 Å². The Morgan fingerprint density at radius 1 is 1.00 bits per heavy atom. The van der Waals surface area contributed by atoms with Crippen LogP contribution in [-0.2, 0) is 20.1 Å². The van der Waals surface area contributed by atoms with Crippen LogP contribution in [0.3, 0.4) is 0 Å². The Bertz CT molecular complexity index is 425. The van der Waals surface area contributed by atoms with E-state index in [0.717, 1.165) is 17.5 Å². The number of benzene rings is 1. The van der Waals surface area contributed by atoms with E-state index in [1.54, 1.807) is 18.3 Å². The largest absolute Gasteiger partial charge is 0.298 e. The molecule has 2 nitrogen and oxygen atoms in total. The summed E-state index contributed by atoms with van der Waals surface area (Å²) in [6.45, 7) is 0. The first-order valence-corrected chi connectivity index (χ1v) is 4.37. The van der Waals surface area contributed by atoms with Gasteiger partial charge in [0.2, 0.25) is 0 Å². The molecule has 77 valence electrons. The van der Waals surface area contributed by atoms with Crippen molar-refractivity contribution in [2.45, 2.75) is 0 Å². The van der Waals surface area contributed by atoms with Crippen LogP contribution in [0, 0.1) is 0 Å². The van der Waals surface area contributed by atoms with E-state index in [1.807, 2.05) is 30.3 Å². The molecule has 0 fully saturated rings. The van der Waals surface area contributed by atoms with Crippen LogP contribution < -0.4 is 0 Å². The van der Waals surface area contributed by atoms with Crippen LogP contribution in [0.1, 0.15) is 10.4 Å². The minimum absolute atomic E-state index is 0. The molecule has 2 rings (SSSR count). The number of hydrogen-bond donors (Lipinski definition) is 0. The van der Waals surface area contributed by atoms with E-state index in [0.29, 0.717) is 5.56 Å². The Hall–Kier alpha value is -1.31. The molecule has 0 atom stereocenters. The molecule has 0 aliphatic carbocycles. The molecule has 0 aliphatic rings. The fourth-order valence-corrected chi connectivity index (χ4v) is 1.27. The van der Waals surface area contributed by atoms with E-state index in [1.165, 1.54) is 0 Å². The topological polar surface area (TPSA) is 30.0 Å². The molecule has 2 aromatic rings. The number of pyridine rings is 1. The summed E-state index contributed by atoms with van der Waals surface area (Å²) in [7, 11) is 0. The zero-order valence-electron chi connectivity index (χ0n) is 7.88. The first kappa shape index (κ1) is 11.8. The van der Waals surface area contributed by atoms with E-state index < -0.39 is 0 Å². The molecule has 1 aromatic heterocycles.